The maximum atomic E-state index is 13.1. The Bertz CT molecular complexity index is 1680. The number of carbonyl (C=O) groups is 3. The van der Waals surface area contributed by atoms with Crippen LogP contribution in [-0.2, 0) is 24.3 Å². The van der Waals surface area contributed by atoms with Crippen molar-refractivity contribution < 1.29 is 27.5 Å². The van der Waals surface area contributed by atoms with E-state index in [4.69, 9.17) is 9.88 Å². The Kier molecular flexibility index (Phi) is 6.55. The molecule has 0 aliphatic heterocycles. The summed E-state index contributed by atoms with van der Waals surface area (Å²) in [6, 6.07) is 22.3. The zero-order chi connectivity index (χ0) is 26.2. The van der Waals surface area contributed by atoms with Crippen LogP contribution < -0.4 is 10.5 Å². The average molecular weight is 533 g/mol. The average Bonchev–Trinajstić information content (AvgIpc) is 2.89. The van der Waals surface area contributed by atoms with E-state index in [1.54, 1.807) is 0 Å². The van der Waals surface area contributed by atoms with Gasteiger partial charge in [-0.25, -0.2) is 13.6 Å². The number of anilines is 1. The van der Waals surface area contributed by atoms with E-state index >= 15 is 0 Å². The Balaban J connectivity index is 1.23. The maximum Gasteiger partial charge on any atom is 0.316 e. The summed E-state index contributed by atoms with van der Waals surface area (Å²) in [5.74, 6) is -1.20. The van der Waals surface area contributed by atoms with Crippen molar-refractivity contribution in [3.05, 3.63) is 90.0 Å². The number of fused-ring (bicyclic) bond motifs is 2. The van der Waals surface area contributed by atoms with Crippen LogP contribution in [0.2, 0.25) is 0 Å². The number of ether oxygens (including phenoxy) is 1. The van der Waals surface area contributed by atoms with Crippen molar-refractivity contribution in [2.75, 3.05) is 17.7 Å². The molecule has 4 aromatic carbocycles. The summed E-state index contributed by atoms with van der Waals surface area (Å²) < 4.78 is 27.7. The van der Waals surface area contributed by atoms with Crippen molar-refractivity contribution in [3.63, 3.8) is 0 Å². The Morgan fingerprint density at radius 3 is 2.27 bits per heavy atom. The predicted molar refractivity (Wildman–Crippen MR) is 141 cm³/mol. The monoisotopic (exact) mass is 532 g/mol. The number of sulfonamides is 1. The molecule has 0 saturated carbocycles. The molecule has 1 aliphatic carbocycles. The Hall–Kier alpha value is -3.99. The molecule has 4 aromatic rings. The van der Waals surface area contributed by atoms with Crippen molar-refractivity contribution >= 4 is 55.9 Å². The molecule has 1 amide bonds. The minimum atomic E-state index is -3.83. The van der Waals surface area contributed by atoms with Gasteiger partial charge in [0.1, 0.15) is 0 Å². The van der Waals surface area contributed by atoms with Crippen molar-refractivity contribution in [3.8, 4) is 11.1 Å². The van der Waals surface area contributed by atoms with Crippen LogP contribution in [0.1, 0.15) is 15.9 Å². The number of hydrogen-bond acceptors (Lipinski definition) is 7. The number of amides is 1. The minimum absolute atomic E-state index is 0.0273. The lowest BCUT2D eigenvalue weighted by atomic mass is 9.83. The van der Waals surface area contributed by atoms with E-state index in [1.807, 2.05) is 54.6 Å². The van der Waals surface area contributed by atoms with Crippen LogP contribution in [-0.4, -0.2) is 38.4 Å². The van der Waals surface area contributed by atoms with Gasteiger partial charge in [0.2, 0.25) is 10.0 Å². The van der Waals surface area contributed by atoms with Crippen LogP contribution in [0.4, 0.5) is 5.69 Å². The van der Waals surface area contributed by atoms with Gasteiger partial charge in [0.25, 0.3) is 5.91 Å². The summed E-state index contributed by atoms with van der Waals surface area (Å²) in [5, 5.41) is 9.30. The SMILES string of the molecule is NS(=O)(=O)c1ccc(NC(=O)COC(=O)CSc2ccc3c4c(cccc24)C(=O)c2ccccc2-3)cc1. The topological polar surface area (TPSA) is 133 Å². The summed E-state index contributed by atoms with van der Waals surface area (Å²) in [5.41, 5.74) is 3.50. The fourth-order valence-electron chi connectivity index (χ4n) is 4.23. The number of nitrogens with two attached hydrogens (primary N) is 1. The molecule has 0 spiro atoms. The summed E-state index contributed by atoms with van der Waals surface area (Å²) in [7, 11) is -3.83. The van der Waals surface area contributed by atoms with Gasteiger partial charge in [0, 0.05) is 27.1 Å². The highest BCUT2D eigenvalue weighted by molar-refractivity contribution is 8.00. The van der Waals surface area contributed by atoms with Crippen LogP contribution in [0, 0.1) is 0 Å². The fourth-order valence-corrected chi connectivity index (χ4v) is 5.59. The van der Waals surface area contributed by atoms with Gasteiger partial charge in [-0.05, 0) is 46.8 Å². The van der Waals surface area contributed by atoms with E-state index in [0.717, 1.165) is 26.8 Å². The lowest BCUT2D eigenvalue weighted by Gasteiger charge is -2.21. The molecule has 0 bridgehead atoms. The standard InChI is InChI=1S/C27H20N2O6S2/c28-37(33,34)17-10-8-16(9-11-17)29-24(30)14-35-25(31)15-36-23-13-12-19-18-4-1-2-5-20(18)27(32)22-7-3-6-21(23)26(19)22/h1-13H,14-15H2,(H,29,30)(H2,28,33,34). The van der Waals surface area contributed by atoms with E-state index in [9.17, 15) is 22.8 Å². The Labute approximate surface area is 216 Å². The number of carbonyl (C=O) groups excluding carboxylic acids is 3. The molecular weight excluding hydrogens is 512 g/mol. The lowest BCUT2D eigenvalue weighted by molar-refractivity contribution is -0.144. The smallest absolute Gasteiger partial charge is 0.316 e. The molecule has 0 atom stereocenters. The van der Waals surface area contributed by atoms with Crippen LogP contribution in [0.15, 0.2) is 88.7 Å². The molecule has 0 radical (unpaired) electrons. The third-order valence-electron chi connectivity index (χ3n) is 5.88. The molecule has 5 rings (SSSR count). The first-order chi connectivity index (χ1) is 17.7. The van der Waals surface area contributed by atoms with Gasteiger partial charge in [-0.15, -0.1) is 11.8 Å². The molecule has 1 aliphatic rings. The third-order valence-corrected chi connectivity index (χ3v) is 7.86. The van der Waals surface area contributed by atoms with E-state index < -0.39 is 28.5 Å². The highest BCUT2D eigenvalue weighted by Gasteiger charge is 2.25. The molecule has 0 unspecified atom stereocenters. The van der Waals surface area contributed by atoms with Crippen molar-refractivity contribution in [1.82, 2.24) is 0 Å². The van der Waals surface area contributed by atoms with Gasteiger partial charge in [0.15, 0.2) is 12.4 Å². The highest BCUT2D eigenvalue weighted by atomic mass is 32.2. The summed E-state index contributed by atoms with van der Waals surface area (Å²) in [6.07, 6.45) is 0. The van der Waals surface area contributed by atoms with Gasteiger partial charge >= 0.3 is 5.97 Å². The molecule has 10 heteroatoms. The Morgan fingerprint density at radius 1 is 0.838 bits per heavy atom. The molecule has 37 heavy (non-hydrogen) atoms. The second-order valence-electron chi connectivity index (χ2n) is 8.28. The van der Waals surface area contributed by atoms with E-state index in [-0.39, 0.29) is 16.4 Å². The number of benzene rings is 4. The van der Waals surface area contributed by atoms with Crippen LogP contribution in [0.3, 0.4) is 0 Å². The second-order valence-corrected chi connectivity index (χ2v) is 10.9. The minimum Gasteiger partial charge on any atom is -0.455 e. The van der Waals surface area contributed by atoms with Gasteiger partial charge in [-0.2, -0.15) is 0 Å². The van der Waals surface area contributed by atoms with Gasteiger partial charge in [-0.3, -0.25) is 14.4 Å². The quantitative estimate of drug-likeness (QED) is 0.239. The normalized spacial score (nSPS) is 12.2. The van der Waals surface area contributed by atoms with E-state index in [1.165, 1.54) is 36.0 Å². The van der Waals surface area contributed by atoms with Crippen molar-refractivity contribution in [1.29, 1.82) is 0 Å². The molecule has 186 valence electrons. The van der Waals surface area contributed by atoms with Gasteiger partial charge in [0.05, 0.1) is 10.6 Å². The molecule has 8 nitrogen and oxygen atoms in total. The number of ketones is 1. The maximum absolute atomic E-state index is 13.1. The molecule has 0 heterocycles. The number of rotatable bonds is 7. The Morgan fingerprint density at radius 2 is 1.54 bits per heavy atom. The first-order valence-electron chi connectivity index (χ1n) is 11.1. The van der Waals surface area contributed by atoms with E-state index in [2.05, 4.69) is 5.32 Å². The molecule has 0 aromatic heterocycles. The van der Waals surface area contributed by atoms with Gasteiger partial charge in [-0.1, -0.05) is 48.5 Å². The summed E-state index contributed by atoms with van der Waals surface area (Å²) in [4.78, 5) is 38.2. The summed E-state index contributed by atoms with van der Waals surface area (Å²) >= 11 is 1.27. The van der Waals surface area contributed by atoms with Crippen molar-refractivity contribution in [2.24, 2.45) is 5.14 Å². The van der Waals surface area contributed by atoms with Crippen LogP contribution in [0.25, 0.3) is 21.9 Å². The van der Waals surface area contributed by atoms with E-state index in [0.29, 0.717) is 16.8 Å². The first kappa shape index (κ1) is 24.7. The number of hydrogen-bond donors (Lipinski definition) is 2. The zero-order valence-corrected chi connectivity index (χ0v) is 20.9. The molecule has 0 fully saturated rings. The molecular formula is C27H20N2O6S2. The molecule has 0 saturated heterocycles. The predicted octanol–water partition coefficient (Wildman–Crippen LogP) is 3.97. The first-order valence-corrected chi connectivity index (χ1v) is 13.7. The number of nitrogens with one attached hydrogen (secondary N) is 1. The summed E-state index contributed by atoms with van der Waals surface area (Å²) in [6.45, 7) is -0.495. The van der Waals surface area contributed by atoms with Crippen molar-refractivity contribution in [2.45, 2.75) is 9.79 Å². The van der Waals surface area contributed by atoms with Gasteiger partial charge < -0.3 is 10.1 Å². The van der Waals surface area contributed by atoms with Crippen LogP contribution >= 0.6 is 11.8 Å². The zero-order valence-electron chi connectivity index (χ0n) is 19.3. The number of thioether (sulfide) groups is 1. The highest BCUT2D eigenvalue weighted by Crippen LogP contribution is 2.42. The lowest BCUT2D eigenvalue weighted by Crippen LogP contribution is -2.21. The number of primary sulfonamides is 1. The largest absolute Gasteiger partial charge is 0.455 e. The second kappa shape index (κ2) is 9.81. The third kappa shape index (κ3) is 4.99. The fraction of sp³-hybridized carbons (Fsp3) is 0.0741. The molecule has 3 N–H and O–H groups in total. The number of esters is 1. The van der Waals surface area contributed by atoms with Crippen LogP contribution in [0.5, 0.6) is 0 Å².